The van der Waals surface area contributed by atoms with E-state index in [4.69, 9.17) is 37.6 Å². The largest absolute Gasteiger partial charge is 0.507 e. The fourth-order valence-electron chi connectivity index (χ4n) is 8.34. The SMILES string of the molecule is COc1cc(-c2cc(=O)c3c(O)c(C4OC(CO)C(O)C(OC5OC(CO)C(O)C(O)C5OC5OC(CO)C(O)C(O)C5O)C4OC(=O)C(C)Cc4ccc(O)c(O)c4)c(O)cc3o2)ccc1O. The first-order valence-corrected chi connectivity index (χ1v) is 21.1. The molecule has 16 atom stereocenters. The van der Waals surface area contributed by atoms with E-state index in [1.54, 1.807) is 0 Å². The molecule has 372 valence electrons. The van der Waals surface area contributed by atoms with Crippen molar-refractivity contribution < 1.29 is 114 Å². The van der Waals surface area contributed by atoms with E-state index in [1.807, 2.05) is 0 Å². The molecule has 7 rings (SSSR count). The lowest BCUT2D eigenvalue weighted by Gasteiger charge is -2.49. The third-order valence-corrected chi connectivity index (χ3v) is 12.1. The van der Waals surface area contributed by atoms with E-state index in [0.717, 1.165) is 12.1 Å². The van der Waals surface area contributed by atoms with Crippen LogP contribution in [0.5, 0.6) is 34.5 Å². The summed E-state index contributed by atoms with van der Waals surface area (Å²) in [5.41, 5.74) is -1.37. The minimum atomic E-state index is -2.12. The van der Waals surface area contributed by atoms with Crippen LogP contribution >= 0.6 is 0 Å². The van der Waals surface area contributed by atoms with Crippen LogP contribution in [0.25, 0.3) is 22.3 Å². The maximum atomic E-state index is 14.1. The number of aliphatic hydroxyl groups is 9. The van der Waals surface area contributed by atoms with E-state index in [1.165, 1.54) is 50.4 Å². The summed E-state index contributed by atoms with van der Waals surface area (Å²) in [4.78, 5) is 28.0. The number of esters is 1. The van der Waals surface area contributed by atoms with Crippen LogP contribution in [0.3, 0.4) is 0 Å². The molecule has 0 bridgehead atoms. The molecule has 0 aliphatic carbocycles. The van der Waals surface area contributed by atoms with Gasteiger partial charge in [0.1, 0.15) is 101 Å². The van der Waals surface area contributed by atoms with Gasteiger partial charge in [0.15, 0.2) is 47.1 Å². The zero-order chi connectivity index (χ0) is 49.5. The molecule has 1 aromatic heterocycles. The molecule has 4 heterocycles. The van der Waals surface area contributed by atoms with E-state index in [9.17, 15) is 81.1 Å². The second-order valence-electron chi connectivity index (χ2n) is 16.6. The summed E-state index contributed by atoms with van der Waals surface area (Å²) in [5.74, 6) is -5.32. The topological polar surface area (TPSA) is 395 Å². The van der Waals surface area contributed by atoms with Gasteiger partial charge in [0, 0.05) is 17.7 Å². The number of fused-ring (bicyclic) bond motifs is 1. The van der Waals surface area contributed by atoms with E-state index < -0.39 is 163 Å². The molecule has 3 fully saturated rings. The second-order valence-corrected chi connectivity index (χ2v) is 16.6. The van der Waals surface area contributed by atoms with Crippen molar-refractivity contribution in [2.24, 2.45) is 5.92 Å². The predicted octanol–water partition coefficient (Wildman–Crippen LogP) is -2.41. The number of carbonyl (C=O) groups is 1. The van der Waals surface area contributed by atoms with Crippen LogP contribution in [0.1, 0.15) is 24.2 Å². The number of ether oxygens (including phenoxy) is 7. The number of aromatic hydroxyl groups is 5. The van der Waals surface area contributed by atoms with Gasteiger partial charge >= 0.3 is 5.97 Å². The monoisotopic (exact) mass is 964 g/mol. The van der Waals surface area contributed by atoms with Gasteiger partial charge in [-0.05, 0) is 42.3 Å². The van der Waals surface area contributed by atoms with Crippen LogP contribution < -0.4 is 10.2 Å². The molecule has 0 spiro atoms. The average Bonchev–Trinajstić information content (AvgIpc) is 3.31. The average molecular weight is 965 g/mol. The molecule has 3 aliphatic heterocycles. The highest BCUT2D eigenvalue weighted by Crippen LogP contribution is 2.47. The Kier molecular flexibility index (Phi) is 15.3. The zero-order valence-electron chi connectivity index (χ0n) is 36.0. The third kappa shape index (κ3) is 9.74. The molecule has 14 N–H and O–H groups in total. The van der Waals surface area contributed by atoms with E-state index >= 15 is 0 Å². The van der Waals surface area contributed by atoms with Crippen molar-refractivity contribution in [2.75, 3.05) is 26.9 Å². The maximum absolute atomic E-state index is 14.1. The number of phenolic OH excluding ortho intramolecular Hbond substituents is 5. The van der Waals surface area contributed by atoms with Crippen molar-refractivity contribution >= 4 is 16.9 Å². The zero-order valence-corrected chi connectivity index (χ0v) is 36.0. The Hall–Kier alpha value is -5.42. The van der Waals surface area contributed by atoms with Crippen molar-refractivity contribution in [3.05, 3.63) is 69.9 Å². The minimum absolute atomic E-state index is 0.0252. The van der Waals surface area contributed by atoms with Crippen LogP contribution in [0, 0.1) is 5.92 Å². The molecule has 3 aliphatic rings. The summed E-state index contributed by atoms with van der Waals surface area (Å²) in [7, 11) is 1.29. The first kappa shape index (κ1) is 50.5. The Bertz CT molecular complexity index is 2480. The summed E-state index contributed by atoms with van der Waals surface area (Å²) >= 11 is 0. The quantitative estimate of drug-likeness (QED) is 0.0462. The van der Waals surface area contributed by atoms with Crippen molar-refractivity contribution in [1.29, 1.82) is 0 Å². The van der Waals surface area contributed by atoms with E-state index in [0.29, 0.717) is 5.56 Å². The number of hydrogen-bond acceptors (Lipinski definition) is 24. The fourth-order valence-corrected chi connectivity index (χ4v) is 8.34. The van der Waals surface area contributed by atoms with E-state index in [2.05, 4.69) is 0 Å². The Morgan fingerprint density at radius 2 is 1.26 bits per heavy atom. The first-order chi connectivity index (χ1) is 32.3. The number of rotatable bonds is 14. The van der Waals surface area contributed by atoms with Gasteiger partial charge < -0.3 is 109 Å². The van der Waals surface area contributed by atoms with Gasteiger partial charge in [-0.1, -0.05) is 13.0 Å². The molecule has 0 amide bonds. The highest BCUT2D eigenvalue weighted by atomic mass is 16.8. The maximum Gasteiger partial charge on any atom is 0.309 e. The lowest BCUT2D eigenvalue weighted by Crippen LogP contribution is -2.66. The van der Waals surface area contributed by atoms with Crippen molar-refractivity contribution in [3.8, 4) is 45.8 Å². The van der Waals surface area contributed by atoms with Gasteiger partial charge in [-0.2, -0.15) is 0 Å². The number of hydrogen-bond donors (Lipinski definition) is 14. The lowest BCUT2D eigenvalue weighted by molar-refractivity contribution is -0.383. The van der Waals surface area contributed by atoms with Crippen molar-refractivity contribution in [1.82, 2.24) is 0 Å². The van der Waals surface area contributed by atoms with Crippen LogP contribution in [0.2, 0.25) is 0 Å². The van der Waals surface area contributed by atoms with Gasteiger partial charge in [-0.25, -0.2) is 0 Å². The van der Waals surface area contributed by atoms with Gasteiger partial charge in [0.2, 0.25) is 0 Å². The molecular weight excluding hydrogens is 912 g/mol. The minimum Gasteiger partial charge on any atom is -0.507 e. The van der Waals surface area contributed by atoms with Crippen LogP contribution in [0.4, 0.5) is 0 Å². The number of carbonyl (C=O) groups excluding carboxylic acids is 1. The number of methoxy groups -OCH3 is 1. The molecule has 4 aromatic rings. The Labute approximate surface area is 384 Å². The number of phenols is 5. The van der Waals surface area contributed by atoms with Gasteiger partial charge in [0.25, 0.3) is 0 Å². The molecule has 68 heavy (non-hydrogen) atoms. The summed E-state index contributed by atoms with van der Waals surface area (Å²) in [6, 6.07) is 9.68. The standard InChI is InChI=1S/C44H52O24/c1-15(7-16-3-5-18(48)20(50)8-16)42(60)66-41-38(30-22(52)11-25-29(34(30)56)21(51)10-23(62-25)17-4-6-19(49)24(9-17)61-2)63-28(14-47)33(55)39(41)67-44-40(36(58)32(54)27(13-46)65-44)68-43-37(59)35(57)31(53)26(12-45)64-43/h3-6,8-11,15,26-28,31-33,35-41,43-50,52-59H,7,12-14H2,1-2H3. The van der Waals surface area contributed by atoms with Crippen LogP contribution in [-0.2, 0) is 39.6 Å². The second kappa shape index (κ2) is 20.7. The van der Waals surface area contributed by atoms with Crippen molar-refractivity contribution in [2.45, 2.75) is 105 Å². The number of benzene rings is 3. The summed E-state index contributed by atoms with van der Waals surface area (Å²) in [6.45, 7) is -1.52. The van der Waals surface area contributed by atoms with E-state index in [-0.39, 0.29) is 34.8 Å². The van der Waals surface area contributed by atoms with Crippen molar-refractivity contribution in [3.63, 3.8) is 0 Å². The van der Waals surface area contributed by atoms with Gasteiger partial charge in [-0.15, -0.1) is 0 Å². The Balaban J connectivity index is 1.32. The van der Waals surface area contributed by atoms with Gasteiger partial charge in [-0.3, -0.25) is 9.59 Å². The molecule has 3 aromatic carbocycles. The lowest BCUT2D eigenvalue weighted by atomic mass is 9.88. The number of aliphatic hydroxyl groups excluding tert-OH is 9. The Morgan fingerprint density at radius 3 is 1.91 bits per heavy atom. The summed E-state index contributed by atoms with van der Waals surface area (Å²) in [6.07, 6.45) is -29.5. The normalized spacial score (nSPS) is 32.4. The predicted molar refractivity (Wildman–Crippen MR) is 224 cm³/mol. The molecule has 24 nitrogen and oxygen atoms in total. The third-order valence-electron chi connectivity index (χ3n) is 12.1. The summed E-state index contributed by atoms with van der Waals surface area (Å²) in [5, 5.41) is 149. The smallest absolute Gasteiger partial charge is 0.309 e. The molecule has 24 heteroatoms. The van der Waals surface area contributed by atoms with Crippen LogP contribution in [0.15, 0.2) is 57.7 Å². The first-order valence-electron chi connectivity index (χ1n) is 21.1. The van der Waals surface area contributed by atoms with Gasteiger partial charge in [0.05, 0.1) is 38.4 Å². The molecule has 0 radical (unpaired) electrons. The molecule has 3 saturated heterocycles. The molecule has 0 saturated carbocycles. The highest BCUT2D eigenvalue weighted by molar-refractivity contribution is 5.88. The molecular formula is C44H52O24. The highest BCUT2D eigenvalue weighted by Gasteiger charge is 2.56. The van der Waals surface area contributed by atoms with Crippen LogP contribution in [-0.4, -0.2) is 190 Å². The Morgan fingerprint density at radius 1 is 0.647 bits per heavy atom. The fraction of sp³-hybridized carbons (Fsp3) is 0.500. The summed E-state index contributed by atoms with van der Waals surface area (Å²) < 4.78 is 46.2. The molecule has 16 unspecified atom stereocenters.